The van der Waals surface area contributed by atoms with Crippen molar-refractivity contribution in [2.24, 2.45) is 0 Å². The Bertz CT molecular complexity index is 739. The Morgan fingerprint density at radius 2 is 2.15 bits per heavy atom. The Morgan fingerprint density at radius 1 is 1.30 bits per heavy atom. The summed E-state index contributed by atoms with van der Waals surface area (Å²) >= 11 is 0. The average Bonchev–Trinajstić information content (AvgIpc) is 2.94. The molecule has 0 bridgehead atoms. The second-order valence-corrected chi connectivity index (χ2v) is 4.98. The molecule has 3 rings (SSSR count). The van der Waals surface area contributed by atoms with Crippen LogP contribution in [-0.2, 0) is 6.54 Å². The van der Waals surface area contributed by atoms with Crippen LogP contribution in [0, 0.1) is 20.8 Å². The SMILES string of the molecule is Cc1cc(C)n(CCNc2nccc3n[nH]c(C)c23)n1. The van der Waals surface area contributed by atoms with Crippen molar-refractivity contribution in [2.45, 2.75) is 27.3 Å². The molecule has 0 radical (unpaired) electrons. The standard InChI is InChI=1S/C14H18N6/c1-9-8-10(2)20(19-9)7-6-16-14-13-11(3)17-18-12(13)4-5-15-14/h4-5,8H,6-7H2,1-3H3,(H,15,16)(H,17,18). The Balaban J connectivity index is 1.74. The molecule has 0 unspecified atom stereocenters. The zero-order valence-electron chi connectivity index (χ0n) is 11.9. The molecule has 0 aliphatic rings. The van der Waals surface area contributed by atoms with Crippen molar-refractivity contribution in [3.05, 3.63) is 35.4 Å². The van der Waals surface area contributed by atoms with E-state index in [1.54, 1.807) is 6.20 Å². The van der Waals surface area contributed by atoms with E-state index in [0.29, 0.717) is 0 Å². The molecule has 2 N–H and O–H groups in total. The van der Waals surface area contributed by atoms with Crippen molar-refractivity contribution in [3.8, 4) is 0 Å². The highest BCUT2D eigenvalue weighted by molar-refractivity contribution is 5.91. The lowest BCUT2D eigenvalue weighted by Gasteiger charge is -2.08. The van der Waals surface area contributed by atoms with Crippen molar-refractivity contribution in [3.63, 3.8) is 0 Å². The molecule has 0 aromatic carbocycles. The Morgan fingerprint density at radius 3 is 2.90 bits per heavy atom. The largest absolute Gasteiger partial charge is 0.368 e. The van der Waals surface area contributed by atoms with Crippen molar-refractivity contribution in [1.82, 2.24) is 25.0 Å². The highest BCUT2D eigenvalue weighted by Crippen LogP contribution is 2.21. The zero-order valence-corrected chi connectivity index (χ0v) is 11.9. The van der Waals surface area contributed by atoms with Crippen LogP contribution in [0.4, 0.5) is 5.82 Å². The molecular weight excluding hydrogens is 252 g/mol. The highest BCUT2D eigenvalue weighted by atomic mass is 15.3. The number of pyridine rings is 1. The Kier molecular flexibility index (Phi) is 3.14. The van der Waals surface area contributed by atoms with Crippen LogP contribution in [0.3, 0.4) is 0 Å². The summed E-state index contributed by atoms with van der Waals surface area (Å²) in [5.41, 5.74) is 4.19. The molecule has 3 heterocycles. The summed E-state index contributed by atoms with van der Waals surface area (Å²) in [5, 5.41) is 16.1. The minimum absolute atomic E-state index is 0.776. The first-order valence-corrected chi connectivity index (χ1v) is 6.70. The fraction of sp³-hybridized carbons (Fsp3) is 0.357. The lowest BCUT2D eigenvalue weighted by atomic mass is 10.2. The van der Waals surface area contributed by atoms with E-state index in [1.807, 2.05) is 24.6 Å². The van der Waals surface area contributed by atoms with E-state index in [1.165, 1.54) is 5.69 Å². The first-order chi connectivity index (χ1) is 9.65. The van der Waals surface area contributed by atoms with Gasteiger partial charge >= 0.3 is 0 Å². The predicted octanol–water partition coefficient (Wildman–Crippen LogP) is 2.19. The van der Waals surface area contributed by atoms with Gasteiger partial charge in [-0.3, -0.25) is 9.78 Å². The summed E-state index contributed by atoms with van der Waals surface area (Å²) in [5.74, 6) is 0.871. The third kappa shape index (κ3) is 2.24. The topological polar surface area (TPSA) is 71.4 Å². The molecule has 3 aromatic heterocycles. The van der Waals surface area contributed by atoms with Crippen LogP contribution in [0.1, 0.15) is 17.1 Å². The van der Waals surface area contributed by atoms with Gasteiger partial charge in [-0.25, -0.2) is 4.98 Å². The lowest BCUT2D eigenvalue weighted by Crippen LogP contribution is -2.13. The third-order valence-electron chi connectivity index (χ3n) is 3.37. The van der Waals surface area contributed by atoms with Gasteiger partial charge in [0.25, 0.3) is 0 Å². The second kappa shape index (κ2) is 4.96. The quantitative estimate of drug-likeness (QED) is 0.762. The van der Waals surface area contributed by atoms with Gasteiger partial charge in [-0.05, 0) is 32.9 Å². The molecule has 0 aliphatic heterocycles. The van der Waals surface area contributed by atoms with Gasteiger partial charge in [0.15, 0.2) is 0 Å². The Hall–Kier alpha value is -2.37. The molecule has 20 heavy (non-hydrogen) atoms. The predicted molar refractivity (Wildman–Crippen MR) is 78.8 cm³/mol. The number of hydrogen-bond donors (Lipinski definition) is 2. The number of fused-ring (bicyclic) bond motifs is 1. The van der Waals surface area contributed by atoms with Crippen LogP contribution in [0.5, 0.6) is 0 Å². The van der Waals surface area contributed by atoms with Gasteiger partial charge in [-0.2, -0.15) is 10.2 Å². The van der Waals surface area contributed by atoms with Crippen molar-refractivity contribution in [1.29, 1.82) is 0 Å². The lowest BCUT2D eigenvalue weighted by molar-refractivity contribution is 0.614. The molecule has 0 saturated heterocycles. The number of nitrogens with zero attached hydrogens (tertiary/aromatic N) is 4. The molecular formula is C14H18N6. The summed E-state index contributed by atoms with van der Waals surface area (Å²) < 4.78 is 2.00. The van der Waals surface area contributed by atoms with Crippen molar-refractivity contribution < 1.29 is 0 Å². The number of hydrogen-bond acceptors (Lipinski definition) is 4. The summed E-state index contributed by atoms with van der Waals surface area (Å²) in [4.78, 5) is 4.40. The molecule has 6 heteroatoms. The average molecular weight is 270 g/mol. The van der Waals surface area contributed by atoms with E-state index in [4.69, 9.17) is 0 Å². The molecule has 0 aliphatic carbocycles. The number of aryl methyl sites for hydroxylation is 3. The van der Waals surface area contributed by atoms with Gasteiger partial charge < -0.3 is 5.32 Å². The molecule has 0 fully saturated rings. The summed E-state index contributed by atoms with van der Waals surface area (Å²) in [6.07, 6.45) is 1.77. The zero-order chi connectivity index (χ0) is 14.1. The van der Waals surface area contributed by atoms with Gasteiger partial charge in [-0.1, -0.05) is 0 Å². The van der Waals surface area contributed by atoms with Crippen LogP contribution >= 0.6 is 0 Å². The van der Waals surface area contributed by atoms with Gasteiger partial charge in [-0.15, -0.1) is 0 Å². The molecule has 0 saturated carbocycles. The van der Waals surface area contributed by atoms with Crippen LogP contribution in [0.15, 0.2) is 18.3 Å². The molecule has 104 valence electrons. The van der Waals surface area contributed by atoms with E-state index < -0.39 is 0 Å². The minimum atomic E-state index is 0.776. The van der Waals surface area contributed by atoms with Gasteiger partial charge in [0.05, 0.1) is 23.1 Å². The fourth-order valence-corrected chi connectivity index (χ4v) is 2.43. The minimum Gasteiger partial charge on any atom is -0.368 e. The summed E-state index contributed by atoms with van der Waals surface area (Å²) in [6.45, 7) is 7.67. The maximum Gasteiger partial charge on any atom is 0.137 e. The fourth-order valence-electron chi connectivity index (χ4n) is 2.43. The molecule has 0 amide bonds. The van der Waals surface area contributed by atoms with Gasteiger partial charge in [0.2, 0.25) is 0 Å². The molecule has 6 nitrogen and oxygen atoms in total. The van der Waals surface area contributed by atoms with Crippen LogP contribution in [-0.4, -0.2) is 31.5 Å². The molecule has 0 spiro atoms. The number of aromatic nitrogens is 5. The monoisotopic (exact) mass is 270 g/mol. The van der Waals surface area contributed by atoms with Crippen molar-refractivity contribution >= 4 is 16.7 Å². The highest BCUT2D eigenvalue weighted by Gasteiger charge is 2.08. The molecule has 0 atom stereocenters. The molecule has 3 aromatic rings. The third-order valence-corrected chi connectivity index (χ3v) is 3.37. The maximum absolute atomic E-state index is 4.45. The number of H-pyrrole nitrogens is 1. The van der Waals surface area contributed by atoms with E-state index in [0.717, 1.165) is 41.2 Å². The normalized spacial score (nSPS) is 11.2. The van der Waals surface area contributed by atoms with E-state index in [9.17, 15) is 0 Å². The van der Waals surface area contributed by atoms with E-state index >= 15 is 0 Å². The first-order valence-electron chi connectivity index (χ1n) is 6.70. The van der Waals surface area contributed by atoms with E-state index in [-0.39, 0.29) is 0 Å². The Labute approximate surface area is 117 Å². The smallest absolute Gasteiger partial charge is 0.137 e. The van der Waals surface area contributed by atoms with Gasteiger partial charge in [0, 0.05) is 24.1 Å². The number of nitrogens with one attached hydrogen (secondary N) is 2. The first kappa shape index (κ1) is 12.7. The summed E-state index contributed by atoms with van der Waals surface area (Å²) in [6, 6.07) is 3.99. The van der Waals surface area contributed by atoms with Gasteiger partial charge in [0.1, 0.15) is 5.82 Å². The number of rotatable bonds is 4. The summed E-state index contributed by atoms with van der Waals surface area (Å²) in [7, 11) is 0. The van der Waals surface area contributed by atoms with Crippen LogP contribution in [0.2, 0.25) is 0 Å². The number of aromatic amines is 1. The number of anilines is 1. The van der Waals surface area contributed by atoms with E-state index in [2.05, 4.69) is 38.6 Å². The second-order valence-electron chi connectivity index (χ2n) is 4.98. The van der Waals surface area contributed by atoms with Crippen LogP contribution in [0.25, 0.3) is 10.9 Å². The van der Waals surface area contributed by atoms with Crippen LogP contribution < -0.4 is 5.32 Å². The van der Waals surface area contributed by atoms with Crippen molar-refractivity contribution in [2.75, 3.05) is 11.9 Å². The maximum atomic E-state index is 4.45.